The lowest BCUT2D eigenvalue weighted by atomic mass is 10.2. The predicted molar refractivity (Wildman–Crippen MR) is 80.4 cm³/mol. The molecule has 0 radical (unpaired) electrons. The summed E-state index contributed by atoms with van der Waals surface area (Å²) in [6.45, 7) is 0. The van der Waals surface area contributed by atoms with Crippen LogP contribution in [0.2, 0.25) is 0 Å². The van der Waals surface area contributed by atoms with E-state index < -0.39 is 0 Å². The lowest BCUT2D eigenvalue weighted by Gasteiger charge is -2.00. The Balaban J connectivity index is 1.99. The van der Waals surface area contributed by atoms with E-state index in [4.69, 9.17) is 0 Å². The van der Waals surface area contributed by atoms with Crippen molar-refractivity contribution < 1.29 is 0 Å². The molecular formula is C16H10N2S. The minimum atomic E-state index is 0.810. The number of rotatable bonds is 1. The molecule has 4 aromatic rings. The van der Waals surface area contributed by atoms with Crippen LogP contribution in [0.25, 0.3) is 32.4 Å². The highest BCUT2D eigenvalue weighted by atomic mass is 32.1. The van der Waals surface area contributed by atoms with Crippen LogP contribution in [0.4, 0.5) is 0 Å². The summed E-state index contributed by atoms with van der Waals surface area (Å²) in [5.74, 6) is 0.810. The van der Waals surface area contributed by atoms with Gasteiger partial charge in [-0.05, 0) is 16.8 Å². The lowest BCUT2D eigenvalue weighted by molar-refractivity contribution is 1.24. The number of thiophene rings is 1. The zero-order valence-electron chi connectivity index (χ0n) is 10.1. The first-order valence-corrected chi connectivity index (χ1v) is 6.98. The molecule has 90 valence electrons. The highest BCUT2D eigenvalue weighted by Crippen LogP contribution is 2.33. The Bertz CT molecular complexity index is 880. The van der Waals surface area contributed by atoms with E-state index in [0.717, 1.165) is 21.6 Å². The molecule has 0 spiro atoms. The van der Waals surface area contributed by atoms with Crippen LogP contribution in [-0.2, 0) is 0 Å². The quantitative estimate of drug-likeness (QED) is 0.504. The van der Waals surface area contributed by atoms with Gasteiger partial charge in [-0.25, -0.2) is 9.97 Å². The van der Waals surface area contributed by atoms with Crippen LogP contribution in [0.5, 0.6) is 0 Å². The van der Waals surface area contributed by atoms with Crippen LogP contribution in [-0.4, -0.2) is 9.97 Å². The SMILES string of the molecule is c1ccc2nc(-c3scc4ccccc34)ncc2c1. The van der Waals surface area contributed by atoms with Crippen LogP contribution < -0.4 is 0 Å². The van der Waals surface area contributed by atoms with Gasteiger partial charge in [0.05, 0.1) is 10.4 Å². The average molecular weight is 262 g/mol. The summed E-state index contributed by atoms with van der Waals surface area (Å²) < 4.78 is 0. The molecule has 4 rings (SSSR count). The third-order valence-electron chi connectivity index (χ3n) is 3.20. The second kappa shape index (κ2) is 4.14. The monoisotopic (exact) mass is 262 g/mol. The largest absolute Gasteiger partial charge is 0.235 e. The first-order valence-electron chi connectivity index (χ1n) is 6.10. The van der Waals surface area contributed by atoms with E-state index in [2.05, 4.69) is 39.6 Å². The van der Waals surface area contributed by atoms with Gasteiger partial charge in [0, 0.05) is 17.0 Å². The van der Waals surface area contributed by atoms with Crippen molar-refractivity contribution in [1.82, 2.24) is 9.97 Å². The number of nitrogens with zero attached hydrogens (tertiary/aromatic N) is 2. The van der Waals surface area contributed by atoms with E-state index in [-0.39, 0.29) is 0 Å². The molecule has 0 aliphatic rings. The summed E-state index contributed by atoms with van der Waals surface area (Å²) >= 11 is 1.70. The summed E-state index contributed by atoms with van der Waals surface area (Å²) in [4.78, 5) is 10.3. The Hall–Kier alpha value is -2.26. The topological polar surface area (TPSA) is 25.8 Å². The predicted octanol–water partition coefficient (Wildman–Crippen LogP) is 4.51. The van der Waals surface area contributed by atoms with Gasteiger partial charge in [-0.1, -0.05) is 42.5 Å². The van der Waals surface area contributed by atoms with Crippen molar-refractivity contribution in [2.75, 3.05) is 0 Å². The standard InChI is InChI=1S/C16H10N2S/c1-3-7-13-12(6-1)10-19-15(13)16-17-9-11-5-2-4-8-14(11)18-16/h1-10H. The molecule has 0 unspecified atom stereocenters. The molecule has 2 aromatic carbocycles. The van der Waals surface area contributed by atoms with Gasteiger partial charge in [-0.3, -0.25) is 0 Å². The maximum absolute atomic E-state index is 4.67. The van der Waals surface area contributed by atoms with Crippen molar-refractivity contribution in [3.8, 4) is 10.7 Å². The number of fused-ring (bicyclic) bond motifs is 2. The third-order valence-corrected chi connectivity index (χ3v) is 4.21. The molecule has 3 heteroatoms. The van der Waals surface area contributed by atoms with Crippen molar-refractivity contribution in [3.63, 3.8) is 0 Å². The van der Waals surface area contributed by atoms with Gasteiger partial charge in [0.2, 0.25) is 0 Å². The molecule has 19 heavy (non-hydrogen) atoms. The van der Waals surface area contributed by atoms with E-state index in [9.17, 15) is 0 Å². The normalized spacial score (nSPS) is 11.2. The number of hydrogen-bond donors (Lipinski definition) is 0. The molecule has 0 atom stereocenters. The van der Waals surface area contributed by atoms with E-state index >= 15 is 0 Å². The van der Waals surface area contributed by atoms with Gasteiger partial charge in [0.25, 0.3) is 0 Å². The minimum absolute atomic E-state index is 0.810. The van der Waals surface area contributed by atoms with E-state index in [1.54, 1.807) is 11.3 Å². The summed E-state index contributed by atoms with van der Waals surface area (Å²) in [6.07, 6.45) is 1.90. The zero-order chi connectivity index (χ0) is 12.7. The second-order valence-electron chi connectivity index (χ2n) is 4.40. The molecule has 2 aromatic heterocycles. The fourth-order valence-electron chi connectivity index (χ4n) is 2.25. The van der Waals surface area contributed by atoms with Crippen molar-refractivity contribution >= 4 is 33.0 Å². The Kier molecular flexibility index (Phi) is 2.32. The molecular weight excluding hydrogens is 252 g/mol. The summed E-state index contributed by atoms with van der Waals surface area (Å²) in [5.41, 5.74) is 0.991. The Morgan fingerprint density at radius 1 is 0.842 bits per heavy atom. The number of para-hydroxylation sites is 1. The smallest absolute Gasteiger partial charge is 0.170 e. The highest BCUT2D eigenvalue weighted by Gasteiger charge is 2.09. The fourth-order valence-corrected chi connectivity index (χ4v) is 3.21. The molecule has 2 heterocycles. The average Bonchev–Trinajstić information content (AvgIpc) is 2.91. The van der Waals surface area contributed by atoms with Crippen molar-refractivity contribution in [2.45, 2.75) is 0 Å². The summed E-state index contributed by atoms with van der Waals surface area (Å²) in [5, 5.41) is 5.71. The first kappa shape index (κ1) is 10.6. The van der Waals surface area contributed by atoms with Crippen LogP contribution >= 0.6 is 11.3 Å². The number of aromatic nitrogens is 2. The zero-order valence-corrected chi connectivity index (χ0v) is 10.9. The van der Waals surface area contributed by atoms with Crippen molar-refractivity contribution in [2.24, 2.45) is 0 Å². The molecule has 0 aliphatic heterocycles. The molecule has 0 aliphatic carbocycles. The molecule has 0 saturated carbocycles. The maximum Gasteiger partial charge on any atom is 0.170 e. The minimum Gasteiger partial charge on any atom is -0.235 e. The van der Waals surface area contributed by atoms with Crippen LogP contribution in [0.3, 0.4) is 0 Å². The molecule has 0 fully saturated rings. The van der Waals surface area contributed by atoms with Gasteiger partial charge in [-0.2, -0.15) is 0 Å². The Morgan fingerprint density at radius 3 is 2.58 bits per heavy atom. The molecule has 0 saturated heterocycles. The second-order valence-corrected chi connectivity index (χ2v) is 5.28. The number of hydrogen-bond acceptors (Lipinski definition) is 3. The van der Waals surface area contributed by atoms with Gasteiger partial charge in [-0.15, -0.1) is 11.3 Å². The van der Waals surface area contributed by atoms with Crippen LogP contribution in [0, 0.1) is 0 Å². The van der Waals surface area contributed by atoms with Crippen molar-refractivity contribution in [1.29, 1.82) is 0 Å². The van der Waals surface area contributed by atoms with Gasteiger partial charge < -0.3 is 0 Å². The van der Waals surface area contributed by atoms with E-state index in [0.29, 0.717) is 0 Å². The Labute approximate surface area is 114 Å². The molecule has 2 nitrogen and oxygen atoms in total. The van der Waals surface area contributed by atoms with Gasteiger partial charge >= 0.3 is 0 Å². The third kappa shape index (κ3) is 1.71. The fraction of sp³-hybridized carbons (Fsp3) is 0. The number of benzene rings is 2. The summed E-state index contributed by atoms with van der Waals surface area (Å²) in [6, 6.07) is 16.4. The van der Waals surface area contributed by atoms with Crippen LogP contribution in [0.15, 0.2) is 60.1 Å². The Morgan fingerprint density at radius 2 is 1.63 bits per heavy atom. The van der Waals surface area contributed by atoms with Crippen LogP contribution in [0.1, 0.15) is 0 Å². The van der Waals surface area contributed by atoms with Gasteiger partial charge in [0.1, 0.15) is 0 Å². The lowest BCUT2D eigenvalue weighted by Crippen LogP contribution is -1.87. The first-order chi connectivity index (χ1) is 9.42. The highest BCUT2D eigenvalue weighted by molar-refractivity contribution is 7.15. The molecule has 0 amide bonds. The summed E-state index contributed by atoms with van der Waals surface area (Å²) in [7, 11) is 0. The molecule has 0 bridgehead atoms. The van der Waals surface area contributed by atoms with E-state index in [1.807, 2.05) is 30.5 Å². The van der Waals surface area contributed by atoms with Gasteiger partial charge in [0.15, 0.2) is 5.82 Å². The van der Waals surface area contributed by atoms with Crippen molar-refractivity contribution in [3.05, 3.63) is 60.1 Å². The maximum atomic E-state index is 4.67. The molecule has 0 N–H and O–H groups in total. The van der Waals surface area contributed by atoms with E-state index in [1.165, 1.54) is 10.8 Å².